The average Bonchev–Trinajstić information content (AvgIpc) is 2.37. The summed E-state index contributed by atoms with van der Waals surface area (Å²) < 4.78 is 0. The molecular formula is C14H11Cl4N. The Morgan fingerprint density at radius 2 is 1.37 bits per heavy atom. The summed E-state index contributed by atoms with van der Waals surface area (Å²) in [4.78, 5) is 0. The Kier molecular flexibility index (Phi) is 4.86. The van der Waals surface area contributed by atoms with Crippen LogP contribution >= 0.6 is 46.4 Å². The number of hydrogen-bond acceptors (Lipinski definition) is 1. The molecule has 1 N–H and O–H groups in total. The summed E-state index contributed by atoms with van der Waals surface area (Å²) in [5.74, 6) is 0. The van der Waals surface area contributed by atoms with Crippen molar-refractivity contribution in [2.24, 2.45) is 0 Å². The number of rotatable bonds is 3. The van der Waals surface area contributed by atoms with E-state index in [1.165, 1.54) is 0 Å². The maximum Gasteiger partial charge on any atom is 0.0723 e. The summed E-state index contributed by atoms with van der Waals surface area (Å²) >= 11 is 24.5. The van der Waals surface area contributed by atoms with E-state index in [0.717, 1.165) is 5.56 Å². The van der Waals surface area contributed by atoms with Gasteiger partial charge in [0.05, 0.1) is 31.8 Å². The predicted octanol–water partition coefficient (Wildman–Crippen LogP) is 6.47. The van der Waals surface area contributed by atoms with Crippen LogP contribution in [0.5, 0.6) is 0 Å². The quantitative estimate of drug-likeness (QED) is 0.677. The minimum Gasteiger partial charge on any atom is -0.376 e. The lowest BCUT2D eigenvalue weighted by molar-refractivity contribution is 0.885. The van der Waals surface area contributed by atoms with Crippen molar-refractivity contribution in [1.29, 1.82) is 0 Å². The summed E-state index contributed by atoms with van der Waals surface area (Å²) in [5.41, 5.74) is 1.58. The monoisotopic (exact) mass is 333 g/mol. The molecule has 0 bridgehead atoms. The number of benzene rings is 2. The molecule has 0 aliphatic carbocycles. The summed E-state index contributed by atoms with van der Waals surface area (Å²) in [6.45, 7) is 1.97. The van der Waals surface area contributed by atoms with Crippen LogP contribution in [0.3, 0.4) is 0 Å². The third-order valence-electron chi connectivity index (χ3n) is 2.77. The van der Waals surface area contributed by atoms with E-state index in [2.05, 4.69) is 5.32 Å². The summed E-state index contributed by atoms with van der Waals surface area (Å²) in [7, 11) is 0. The molecule has 2 rings (SSSR count). The maximum absolute atomic E-state index is 6.20. The van der Waals surface area contributed by atoms with E-state index >= 15 is 0 Å². The molecule has 0 saturated carbocycles. The Morgan fingerprint density at radius 1 is 0.842 bits per heavy atom. The summed E-state index contributed by atoms with van der Waals surface area (Å²) in [5, 5.41) is 5.45. The Morgan fingerprint density at radius 3 is 2.00 bits per heavy atom. The molecule has 5 heteroatoms. The molecule has 1 nitrogen and oxygen atoms in total. The molecule has 0 radical (unpaired) electrons. The molecule has 0 heterocycles. The van der Waals surface area contributed by atoms with Crippen molar-refractivity contribution in [3.05, 3.63) is 62.1 Å². The third kappa shape index (κ3) is 3.29. The van der Waals surface area contributed by atoms with Gasteiger partial charge in [0.1, 0.15) is 0 Å². The van der Waals surface area contributed by atoms with Crippen molar-refractivity contribution in [2.45, 2.75) is 13.0 Å². The van der Waals surface area contributed by atoms with Crippen molar-refractivity contribution < 1.29 is 0 Å². The van der Waals surface area contributed by atoms with Crippen LogP contribution in [0.2, 0.25) is 20.1 Å². The Balaban J connectivity index is 2.31. The zero-order valence-electron chi connectivity index (χ0n) is 10.1. The highest BCUT2D eigenvalue weighted by Crippen LogP contribution is 2.35. The molecule has 1 atom stereocenters. The van der Waals surface area contributed by atoms with Gasteiger partial charge in [-0.25, -0.2) is 0 Å². The number of hydrogen-bond donors (Lipinski definition) is 1. The van der Waals surface area contributed by atoms with Crippen molar-refractivity contribution in [3.63, 3.8) is 0 Å². The number of halogens is 4. The minimum atomic E-state index is -0.0661. The standard InChI is InChI=1S/C14H11Cl4N/c1-8(9-4-2-5-10(15)13(9)18)19-14-11(16)6-3-7-12(14)17/h2-8,19H,1H3. The smallest absolute Gasteiger partial charge is 0.0723 e. The van der Waals surface area contributed by atoms with E-state index in [0.29, 0.717) is 25.8 Å². The van der Waals surface area contributed by atoms with Gasteiger partial charge in [-0.15, -0.1) is 0 Å². The second-order valence-corrected chi connectivity index (χ2v) is 5.71. The Bertz CT molecular complexity index is 578. The van der Waals surface area contributed by atoms with Gasteiger partial charge in [0.15, 0.2) is 0 Å². The molecule has 19 heavy (non-hydrogen) atoms. The van der Waals surface area contributed by atoms with Crippen LogP contribution < -0.4 is 5.32 Å². The minimum absolute atomic E-state index is 0.0661. The highest BCUT2D eigenvalue weighted by molar-refractivity contribution is 6.42. The first-order chi connectivity index (χ1) is 9.00. The SMILES string of the molecule is CC(Nc1c(Cl)cccc1Cl)c1cccc(Cl)c1Cl. The van der Waals surface area contributed by atoms with Crippen LogP contribution in [0.4, 0.5) is 5.69 Å². The maximum atomic E-state index is 6.20. The van der Waals surface area contributed by atoms with E-state index < -0.39 is 0 Å². The fourth-order valence-corrected chi connectivity index (χ4v) is 2.76. The van der Waals surface area contributed by atoms with Crippen LogP contribution in [-0.2, 0) is 0 Å². The molecule has 0 aliphatic rings. The lowest BCUT2D eigenvalue weighted by Crippen LogP contribution is -2.08. The largest absolute Gasteiger partial charge is 0.376 e. The van der Waals surface area contributed by atoms with E-state index in [9.17, 15) is 0 Å². The fraction of sp³-hybridized carbons (Fsp3) is 0.143. The van der Waals surface area contributed by atoms with Crippen molar-refractivity contribution in [3.8, 4) is 0 Å². The second-order valence-electron chi connectivity index (χ2n) is 4.11. The second kappa shape index (κ2) is 6.23. The average molecular weight is 335 g/mol. The van der Waals surface area contributed by atoms with E-state index in [1.807, 2.05) is 19.1 Å². The molecule has 0 aliphatic heterocycles. The highest BCUT2D eigenvalue weighted by atomic mass is 35.5. The zero-order chi connectivity index (χ0) is 14.0. The normalized spacial score (nSPS) is 12.3. The first-order valence-electron chi connectivity index (χ1n) is 5.65. The Hall–Kier alpha value is -0.600. The molecule has 0 aromatic heterocycles. The summed E-state index contributed by atoms with van der Waals surface area (Å²) in [6.07, 6.45) is 0. The van der Waals surface area contributed by atoms with Crippen LogP contribution in [0, 0.1) is 0 Å². The topological polar surface area (TPSA) is 12.0 Å². The number of para-hydroxylation sites is 1. The van der Waals surface area contributed by atoms with E-state index in [1.54, 1.807) is 24.3 Å². The van der Waals surface area contributed by atoms with Crippen LogP contribution in [-0.4, -0.2) is 0 Å². The molecule has 1 unspecified atom stereocenters. The number of nitrogens with one attached hydrogen (secondary N) is 1. The molecule has 2 aromatic carbocycles. The van der Waals surface area contributed by atoms with Gasteiger partial charge in [-0.05, 0) is 30.7 Å². The van der Waals surface area contributed by atoms with Crippen molar-refractivity contribution in [2.75, 3.05) is 5.32 Å². The first kappa shape index (κ1) is 14.8. The van der Waals surface area contributed by atoms with E-state index in [-0.39, 0.29) is 6.04 Å². The fourth-order valence-electron chi connectivity index (χ4n) is 1.78. The predicted molar refractivity (Wildman–Crippen MR) is 85.0 cm³/mol. The molecule has 2 aromatic rings. The van der Waals surface area contributed by atoms with Crippen LogP contribution in [0.15, 0.2) is 36.4 Å². The van der Waals surface area contributed by atoms with Crippen LogP contribution in [0.1, 0.15) is 18.5 Å². The van der Waals surface area contributed by atoms with Gasteiger partial charge in [-0.2, -0.15) is 0 Å². The molecule has 0 saturated heterocycles. The molecule has 100 valence electrons. The van der Waals surface area contributed by atoms with Gasteiger partial charge in [-0.1, -0.05) is 64.6 Å². The first-order valence-corrected chi connectivity index (χ1v) is 7.16. The zero-order valence-corrected chi connectivity index (χ0v) is 13.1. The van der Waals surface area contributed by atoms with Gasteiger partial charge in [0, 0.05) is 0 Å². The van der Waals surface area contributed by atoms with Gasteiger partial charge in [0.2, 0.25) is 0 Å². The molecule has 0 spiro atoms. The third-order valence-corrected chi connectivity index (χ3v) is 4.24. The summed E-state index contributed by atoms with van der Waals surface area (Å²) in [6, 6.07) is 10.8. The van der Waals surface area contributed by atoms with Gasteiger partial charge in [-0.3, -0.25) is 0 Å². The van der Waals surface area contributed by atoms with Gasteiger partial charge >= 0.3 is 0 Å². The highest BCUT2D eigenvalue weighted by Gasteiger charge is 2.14. The van der Waals surface area contributed by atoms with Crippen LogP contribution in [0.25, 0.3) is 0 Å². The molecular weight excluding hydrogens is 324 g/mol. The van der Waals surface area contributed by atoms with Gasteiger partial charge in [0.25, 0.3) is 0 Å². The van der Waals surface area contributed by atoms with Crippen molar-refractivity contribution >= 4 is 52.1 Å². The molecule has 0 amide bonds. The molecule has 0 fully saturated rings. The Labute approximate surface area is 132 Å². The van der Waals surface area contributed by atoms with E-state index in [4.69, 9.17) is 46.4 Å². The number of anilines is 1. The van der Waals surface area contributed by atoms with Crippen molar-refractivity contribution in [1.82, 2.24) is 0 Å². The van der Waals surface area contributed by atoms with Gasteiger partial charge < -0.3 is 5.32 Å². The lowest BCUT2D eigenvalue weighted by Gasteiger charge is -2.19. The lowest BCUT2D eigenvalue weighted by atomic mass is 10.1.